The maximum absolute atomic E-state index is 12.3. The van der Waals surface area contributed by atoms with Crippen LogP contribution in [0.5, 0.6) is 5.75 Å². The largest absolute Gasteiger partial charge is 0.497 e. The van der Waals surface area contributed by atoms with Crippen LogP contribution in [0.3, 0.4) is 0 Å². The summed E-state index contributed by atoms with van der Waals surface area (Å²) in [5, 5.41) is 3.19. The fourth-order valence-corrected chi connectivity index (χ4v) is 2.57. The van der Waals surface area contributed by atoms with Gasteiger partial charge < -0.3 is 14.8 Å². The Hall–Kier alpha value is -2.53. The van der Waals surface area contributed by atoms with Crippen LogP contribution in [0.25, 0.3) is 0 Å². The summed E-state index contributed by atoms with van der Waals surface area (Å²) in [6, 6.07) is 11.9. The van der Waals surface area contributed by atoms with Crippen molar-refractivity contribution in [1.29, 1.82) is 0 Å². The first-order chi connectivity index (χ1) is 11.1. The zero-order valence-corrected chi connectivity index (χ0v) is 13.1. The summed E-state index contributed by atoms with van der Waals surface area (Å²) in [6.45, 7) is 0. The fourth-order valence-electron chi connectivity index (χ4n) is 2.39. The highest BCUT2D eigenvalue weighted by atomic mass is 35.5. The number of carbonyl (C=O) groups excluding carboxylic acids is 2. The lowest BCUT2D eigenvalue weighted by atomic mass is 9.98. The van der Waals surface area contributed by atoms with Gasteiger partial charge in [0.1, 0.15) is 5.75 Å². The third kappa shape index (κ3) is 3.29. The molecule has 0 aromatic heterocycles. The Morgan fingerprint density at radius 3 is 2.70 bits per heavy atom. The number of halogens is 1. The molecule has 1 heterocycles. The minimum Gasteiger partial charge on any atom is -0.497 e. The summed E-state index contributed by atoms with van der Waals surface area (Å²) in [6.07, 6.45) is -0.543. The molecule has 6 heteroatoms. The molecule has 0 saturated heterocycles. The Bertz CT molecular complexity index is 758. The lowest BCUT2D eigenvalue weighted by molar-refractivity contribution is -0.125. The first kappa shape index (κ1) is 15.4. The molecule has 1 amide bonds. The number of ether oxygens (including phenoxy) is 2. The van der Waals surface area contributed by atoms with E-state index in [0.29, 0.717) is 28.4 Å². The third-order valence-electron chi connectivity index (χ3n) is 3.60. The average Bonchev–Trinajstić information content (AvgIpc) is 2.56. The number of hydrogen-bond acceptors (Lipinski definition) is 4. The number of hydrogen-bond donors (Lipinski definition) is 1. The van der Waals surface area contributed by atoms with E-state index in [9.17, 15) is 9.59 Å². The number of rotatable bonds is 3. The third-order valence-corrected chi connectivity index (χ3v) is 3.83. The first-order valence-electron chi connectivity index (χ1n) is 7.01. The quantitative estimate of drug-likeness (QED) is 0.878. The van der Waals surface area contributed by atoms with Gasteiger partial charge in [-0.25, -0.2) is 4.79 Å². The smallest absolute Gasteiger partial charge is 0.339 e. The van der Waals surface area contributed by atoms with Crippen molar-refractivity contribution in [1.82, 2.24) is 0 Å². The van der Waals surface area contributed by atoms with Crippen molar-refractivity contribution in [2.75, 3.05) is 12.4 Å². The minimum atomic E-state index is -0.863. The normalized spacial score (nSPS) is 16.3. The number of benzene rings is 2. The van der Waals surface area contributed by atoms with E-state index in [0.717, 1.165) is 5.56 Å². The van der Waals surface area contributed by atoms with E-state index in [2.05, 4.69) is 5.32 Å². The van der Waals surface area contributed by atoms with E-state index >= 15 is 0 Å². The van der Waals surface area contributed by atoms with Crippen molar-refractivity contribution in [3.8, 4) is 5.75 Å². The van der Waals surface area contributed by atoms with Crippen LogP contribution in [0.1, 0.15) is 15.9 Å². The van der Waals surface area contributed by atoms with Crippen LogP contribution in [0.2, 0.25) is 5.02 Å². The molecule has 1 aliphatic heterocycles. The number of anilines is 1. The molecule has 1 aliphatic rings. The van der Waals surface area contributed by atoms with Gasteiger partial charge in [0.25, 0.3) is 5.91 Å². The maximum Gasteiger partial charge on any atom is 0.339 e. The molecule has 0 radical (unpaired) electrons. The standard InChI is InChI=1S/C17H14ClNO4/c1-22-13-6-4-12(5-7-13)19-16(20)15-8-10-2-3-11(18)9-14(10)17(21)23-15/h2-7,9,15H,8H2,1H3,(H,19,20)/t15-/m0/s1. The topological polar surface area (TPSA) is 64.6 Å². The molecule has 0 bridgehead atoms. The SMILES string of the molecule is COc1ccc(NC(=O)[C@@H]2Cc3ccc(Cl)cc3C(=O)O2)cc1. The molecule has 2 aromatic rings. The van der Waals surface area contributed by atoms with Gasteiger partial charge in [-0.05, 0) is 42.0 Å². The molecular weight excluding hydrogens is 318 g/mol. The highest BCUT2D eigenvalue weighted by Crippen LogP contribution is 2.25. The molecule has 0 aliphatic carbocycles. The van der Waals surface area contributed by atoms with Crippen molar-refractivity contribution in [2.45, 2.75) is 12.5 Å². The van der Waals surface area contributed by atoms with E-state index in [1.165, 1.54) is 0 Å². The van der Waals surface area contributed by atoms with Gasteiger partial charge in [-0.1, -0.05) is 17.7 Å². The molecule has 1 atom stereocenters. The van der Waals surface area contributed by atoms with Gasteiger partial charge in [0.05, 0.1) is 12.7 Å². The van der Waals surface area contributed by atoms with E-state index in [1.54, 1.807) is 49.6 Å². The van der Waals surface area contributed by atoms with Gasteiger partial charge in [-0.2, -0.15) is 0 Å². The van der Waals surface area contributed by atoms with Crippen molar-refractivity contribution in [2.24, 2.45) is 0 Å². The van der Waals surface area contributed by atoms with Crippen LogP contribution in [-0.4, -0.2) is 25.1 Å². The number of carbonyl (C=O) groups is 2. The number of fused-ring (bicyclic) bond motifs is 1. The van der Waals surface area contributed by atoms with Crippen molar-refractivity contribution < 1.29 is 19.1 Å². The number of nitrogens with one attached hydrogen (secondary N) is 1. The molecule has 0 unspecified atom stereocenters. The summed E-state index contributed by atoms with van der Waals surface area (Å²) in [7, 11) is 1.57. The molecule has 0 fully saturated rings. The lowest BCUT2D eigenvalue weighted by Gasteiger charge is -2.24. The summed E-state index contributed by atoms with van der Waals surface area (Å²) in [5.74, 6) is -0.217. The number of cyclic esters (lactones) is 1. The second-order valence-electron chi connectivity index (χ2n) is 5.12. The number of methoxy groups -OCH3 is 1. The predicted molar refractivity (Wildman–Crippen MR) is 86.0 cm³/mol. The van der Waals surface area contributed by atoms with E-state index in [4.69, 9.17) is 21.1 Å². The predicted octanol–water partition coefficient (Wildman–Crippen LogP) is 3.07. The second-order valence-corrected chi connectivity index (χ2v) is 5.55. The molecule has 23 heavy (non-hydrogen) atoms. The maximum atomic E-state index is 12.3. The summed E-state index contributed by atoms with van der Waals surface area (Å²) < 4.78 is 10.3. The van der Waals surface area contributed by atoms with Crippen LogP contribution in [0, 0.1) is 0 Å². The van der Waals surface area contributed by atoms with Gasteiger partial charge in [-0.3, -0.25) is 4.79 Å². The van der Waals surface area contributed by atoms with Crippen LogP contribution < -0.4 is 10.1 Å². The Morgan fingerprint density at radius 2 is 2.00 bits per heavy atom. The molecule has 2 aromatic carbocycles. The van der Waals surface area contributed by atoms with Crippen LogP contribution in [-0.2, 0) is 16.0 Å². The molecule has 118 valence electrons. The molecule has 0 saturated carbocycles. The Kier molecular flexibility index (Phi) is 4.21. The molecule has 1 N–H and O–H groups in total. The molecule has 0 spiro atoms. The van der Waals surface area contributed by atoms with E-state index in [-0.39, 0.29) is 5.91 Å². The second kappa shape index (κ2) is 6.30. The fraction of sp³-hybridized carbons (Fsp3) is 0.176. The van der Waals surface area contributed by atoms with Crippen molar-refractivity contribution in [3.63, 3.8) is 0 Å². The Balaban J connectivity index is 1.73. The lowest BCUT2D eigenvalue weighted by Crippen LogP contribution is -2.38. The summed E-state index contributed by atoms with van der Waals surface area (Å²) in [4.78, 5) is 24.3. The molecule has 3 rings (SSSR count). The number of esters is 1. The monoisotopic (exact) mass is 331 g/mol. The van der Waals surface area contributed by atoms with Crippen molar-refractivity contribution >= 4 is 29.2 Å². The van der Waals surface area contributed by atoms with E-state index < -0.39 is 12.1 Å². The van der Waals surface area contributed by atoms with Gasteiger partial charge in [0, 0.05) is 17.1 Å². The Labute approximate surface area is 138 Å². The van der Waals surface area contributed by atoms with Crippen LogP contribution >= 0.6 is 11.6 Å². The molecular formula is C17H14ClNO4. The van der Waals surface area contributed by atoms with Gasteiger partial charge in [0.2, 0.25) is 0 Å². The van der Waals surface area contributed by atoms with Gasteiger partial charge in [0.15, 0.2) is 6.10 Å². The number of amides is 1. The average molecular weight is 332 g/mol. The van der Waals surface area contributed by atoms with Crippen LogP contribution in [0.4, 0.5) is 5.69 Å². The zero-order valence-electron chi connectivity index (χ0n) is 12.3. The van der Waals surface area contributed by atoms with E-state index in [1.807, 2.05) is 0 Å². The highest BCUT2D eigenvalue weighted by Gasteiger charge is 2.31. The Morgan fingerprint density at radius 1 is 1.26 bits per heavy atom. The molecule has 5 nitrogen and oxygen atoms in total. The van der Waals surface area contributed by atoms with Gasteiger partial charge >= 0.3 is 5.97 Å². The van der Waals surface area contributed by atoms with Crippen molar-refractivity contribution in [3.05, 3.63) is 58.6 Å². The minimum absolute atomic E-state index is 0.320. The first-order valence-corrected chi connectivity index (χ1v) is 7.39. The highest BCUT2D eigenvalue weighted by molar-refractivity contribution is 6.31. The summed E-state index contributed by atoms with van der Waals surface area (Å²) >= 11 is 5.88. The summed E-state index contributed by atoms with van der Waals surface area (Å²) in [5.41, 5.74) is 1.76. The van der Waals surface area contributed by atoms with Gasteiger partial charge in [-0.15, -0.1) is 0 Å². The zero-order chi connectivity index (χ0) is 16.4. The van der Waals surface area contributed by atoms with Crippen LogP contribution in [0.15, 0.2) is 42.5 Å².